The number of alkyl halides is 3. The molecule has 0 N–H and O–H groups in total. The van der Waals surface area contributed by atoms with Crippen molar-refractivity contribution in [2.45, 2.75) is 31.0 Å². The number of nitrogens with zero attached hydrogens (tertiary/aromatic N) is 4. The van der Waals surface area contributed by atoms with Gasteiger partial charge in [0.05, 0.1) is 29.8 Å². The van der Waals surface area contributed by atoms with Crippen LogP contribution in [0.4, 0.5) is 13.2 Å². The standard InChI is InChI=1S/C20H15BrClF3N4O3/c1-31-29(18(30)19(6-7-19)15-14(21)8-13(22)9-26-15)10-11-2-4-12(5-3-11)16-27-17(32-28-16)20(23,24)25/h2-5,8-9H,6-7,10H2,1H3. The lowest BCUT2D eigenvalue weighted by Crippen LogP contribution is -2.38. The summed E-state index contributed by atoms with van der Waals surface area (Å²) in [5.74, 6) is -1.84. The van der Waals surface area contributed by atoms with Crippen LogP contribution in [0, 0.1) is 0 Å². The zero-order chi connectivity index (χ0) is 23.1. The number of hydroxylamine groups is 2. The predicted molar refractivity (Wildman–Crippen MR) is 110 cm³/mol. The largest absolute Gasteiger partial charge is 0.471 e. The number of benzene rings is 1. The van der Waals surface area contributed by atoms with Gasteiger partial charge in [-0.25, -0.2) is 5.06 Å². The maximum absolute atomic E-state index is 13.3. The van der Waals surface area contributed by atoms with Crippen LogP contribution in [0.3, 0.4) is 0 Å². The Kier molecular flexibility index (Phi) is 5.99. The second-order valence-electron chi connectivity index (χ2n) is 7.21. The number of carbonyl (C=O) groups is 1. The molecule has 1 fully saturated rings. The zero-order valence-electron chi connectivity index (χ0n) is 16.5. The number of pyridine rings is 1. The first-order valence-corrected chi connectivity index (χ1v) is 10.5. The molecule has 2 heterocycles. The van der Waals surface area contributed by atoms with Gasteiger partial charge in [-0.15, -0.1) is 0 Å². The van der Waals surface area contributed by atoms with E-state index in [0.717, 1.165) is 0 Å². The Balaban J connectivity index is 1.50. The smallest absolute Gasteiger partial charge is 0.329 e. The molecule has 32 heavy (non-hydrogen) atoms. The van der Waals surface area contributed by atoms with Gasteiger partial charge >= 0.3 is 12.1 Å². The van der Waals surface area contributed by atoms with Crippen LogP contribution in [-0.2, 0) is 27.8 Å². The van der Waals surface area contributed by atoms with Crippen molar-refractivity contribution >= 4 is 33.4 Å². The summed E-state index contributed by atoms with van der Waals surface area (Å²) in [5.41, 5.74) is 0.846. The highest BCUT2D eigenvalue weighted by Gasteiger charge is 2.55. The first-order chi connectivity index (χ1) is 15.1. The SMILES string of the molecule is CON(Cc1ccc(-c2noc(C(F)(F)F)n2)cc1)C(=O)C1(c2ncc(Cl)cc2Br)CC1. The summed E-state index contributed by atoms with van der Waals surface area (Å²) in [4.78, 5) is 26.3. The summed E-state index contributed by atoms with van der Waals surface area (Å²) in [5, 5.41) is 5.05. The number of carbonyl (C=O) groups excluding carboxylic acids is 1. The van der Waals surface area contributed by atoms with E-state index in [9.17, 15) is 18.0 Å². The fraction of sp³-hybridized carbons (Fsp3) is 0.300. The fourth-order valence-corrected chi connectivity index (χ4v) is 4.30. The van der Waals surface area contributed by atoms with E-state index in [1.165, 1.54) is 18.4 Å². The van der Waals surface area contributed by atoms with Gasteiger partial charge in [-0.05, 0) is 40.4 Å². The Hall–Kier alpha value is -2.50. The third kappa shape index (κ3) is 4.37. The molecular formula is C20H15BrClF3N4O3. The van der Waals surface area contributed by atoms with E-state index in [1.807, 2.05) is 0 Å². The molecule has 1 amide bonds. The Bertz CT molecular complexity index is 1150. The number of rotatable bonds is 6. The quantitative estimate of drug-likeness (QED) is 0.407. The molecule has 0 radical (unpaired) electrons. The molecule has 7 nitrogen and oxygen atoms in total. The molecule has 1 aliphatic rings. The van der Waals surface area contributed by atoms with Crippen molar-refractivity contribution in [3.8, 4) is 11.4 Å². The van der Waals surface area contributed by atoms with E-state index < -0.39 is 17.5 Å². The summed E-state index contributed by atoms with van der Waals surface area (Å²) < 4.78 is 42.8. The first-order valence-electron chi connectivity index (χ1n) is 9.32. The summed E-state index contributed by atoms with van der Waals surface area (Å²) in [6, 6.07) is 8.07. The molecule has 2 aromatic heterocycles. The Morgan fingerprint density at radius 1 is 1.31 bits per heavy atom. The average Bonchev–Trinajstić information content (AvgIpc) is 3.38. The van der Waals surface area contributed by atoms with Gasteiger partial charge in [0.1, 0.15) is 0 Å². The minimum atomic E-state index is -4.71. The molecule has 0 aliphatic heterocycles. The van der Waals surface area contributed by atoms with Crippen LogP contribution in [0.1, 0.15) is 30.0 Å². The molecule has 0 saturated heterocycles. The van der Waals surface area contributed by atoms with Crippen molar-refractivity contribution in [3.05, 3.63) is 63.2 Å². The number of halogens is 5. The van der Waals surface area contributed by atoms with Crippen LogP contribution in [0.5, 0.6) is 0 Å². The number of aromatic nitrogens is 3. The van der Waals surface area contributed by atoms with Gasteiger partial charge in [0.25, 0.3) is 5.91 Å². The van der Waals surface area contributed by atoms with Crippen molar-refractivity contribution < 1.29 is 27.3 Å². The molecule has 0 spiro atoms. The first kappa shape index (κ1) is 22.7. The van der Waals surface area contributed by atoms with E-state index in [4.69, 9.17) is 16.4 Å². The van der Waals surface area contributed by atoms with Crippen LogP contribution in [-0.4, -0.2) is 33.2 Å². The van der Waals surface area contributed by atoms with E-state index in [2.05, 4.69) is 35.6 Å². The van der Waals surface area contributed by atoms with Crippen molar-refractivity contribution in [1.82, 2.24) is 20.2 Å². The monoisotopic (exact) mass is 530 g/mol. The Morgan fingerprint density at radius 2 is 2.00 bits per heavy atom. The van der Waals surface area contributed by atoms with E-state index in [1.54, 1.807) is 30.3 Å². The fourth-order valence-electron chi connectivity index (χ4n) is 3.28. The van der Waals surface area contributed by atoms with Crippen molar-refractivity contribution in [1.29, 1.82) is 0 Å². The maximum Gasteiger partial charge on any atom is 0.471 e. The van der Waals surface area contributed by atoms with Crippen molar-refractivity contribution in [2.75, 3.05) is 7.11 Å². The molecule has 1 aliphatic carbocycles. The van der Waals surface area contributed by atoms with Crippen LogP contribution in [0.15, 0.2) is 45.5 Å². The van der Waals surface area contributed by atoms with Crippen LogP contribution < -0.4 is 0 Å². The van der Waals surface area contributed by atoms with Crippen LogP contribution in [0.2, 0.25) is 5.02 Å². The molecule has 4 rings (SSSR count). The van der Waals surface area contributed by atoms with Gasteiger partial charge in [-0.2, -0.15) is 18.2 Å². The average molecular weight is 532 g/mol. The second kappa shape index (κ2) is 8.45. The highest BCUT2D eigenvalue weighted by atomic mass is 79.9. The van der Waals surface area contributed by atoms with Gasteiger partial charge in [0, 0.05) is 16.2 Å². The van der Waals surface area contributed by atoms with Crippen LogP contribution in [0.25, 0.3) is 11.4 Å². The molecule has 12 heteroatoms. The zero-order valence-corrected chi connectivity index (χ0v) is 18.8. The molecule has 0 unspecified atom stereocenters. The number of amides is 1. The topological polar surface area (TPSA) is 81.4 Å². The molecule has 0 bridgehead atoms. The second-order valence-corrected chi connectivity index (χ2v) is 8.50. The van der Waals surface area contributed by atoms with Gasteiger partial charge in [0.2, 0.25) is 5.82 Å². The Morgan fingerprint density at radius 3 is 2.53 bits per heavy atom. The predicted octanol–water partition coefficient (Wildman–Crippen LogP) is 5.19. The minimum absolute atomic E-state index is 0.128. The minimum Gasteiger partial charge on any atom is -0.329 e. The van der Waals surface area contributed by atoms with E-state index in [0.29, 0.717) is 39.2 Å². The molecule has 1 aromatic carbocycles. The highest BCUT2D eigenvalue weighted by Crippen LogP contribution is 2.51. The lowest BCUT2D eigenvalue weighted by molar-refractivity contribution is -0.182. The summed E-state index contributed by atoms with van der Waals surface area (Å²) in [6.07, 6.45) is -1.97. The van der Waals surface area contributed by atoms with Gasteiger partial charge in [-0.1, -0.05) is 41.0 Å². The normalized spacial score (nSPS) is 14.9. The van der Waals surface area contributed by atoms with Crippen LogP contribution >= 0.6 is 27.5 Å². The highest BCUT2D eigenvalue weighted by molar-refractivity contribution is 9.10. The molecule has 168 valence electrons. The summed E-state index contributed by atoms with van der Waals surface area (Å²) >= 11 is 9.39. The molecule has 1 saturated carbocycles. The van der Waals surface area contributed by atoms with Gasteiger partial charge in [-0.3, -0.25) is 14.6 Å². The lowest BCUT2D eigenvalue weighted by atomic mass is 10.00. The van der Waals surface area contributed by atoms with Gasteiger partial charge in [0.15, 0.2) is 0 Å². The summed E-state index contributed by atoms with van der Waals surface area (Å²) in [6.45, 7) is 0.128. The van der Waals surface area contributed by atoms with Crippen molar-refractivity contribution in [2.24, 2.45) is 0 Å². The van der Waals surface area contributed by atoms with E-state index >= 15 is 0 Å². The van der Waals surface area contributed by atoms with E-state index in [-0.39, 0.29) is 18.3 Å². The number of hydrogen-bond donors (Lipinski definition) is 0. The Labute approximate surface area is 193 Å². The third-order valence-electron chi connectivity index (χ3n) is 5.07. The third-order valence-corrected chi connectivity index (χ3v) is 5.89. The number of hydrogen-bond acceptors (Lipinski definition) is 6. The molecule has 3 aromatic rings. The summed E-state index contributed by atoms with van der Waals surface area (Å²) in [7, 11) is 1.39. The maximum atomic E-state index is 13.3. The molecule has 0 atom stereocenters. The van der Waals surface area contributed by atoms with Crippen molar-refractivity contribution in [3.63, 3.8) is 0 Å². The molecular weight excluding hydrogens is 517 g/mol. The van der Waals surface area contributed by atoms with Gasteiger partial charge < -0.3 is 4.52 Å². The lowest BCUT2D eigenvalue weighted by Gasteiger charge is -2.25.